The lowest BCUT2D eigenvalue weighted by atomic mass is 9.96. The molecule has 0 radical (unpaired) electrons. The molecular weight excluding hydrogens is 420 g/mol. The molecule has 33 heavy (non-hydrogen) atoms. The van der Waals surface area contributed by atoms with Gasteiger partial charge in [0.25, 0.3) is 5.91 Å². The number of hydrogen-bond donors (Lipinski definition) is 2. The number of carbonyl (C=O) groups excluding carboxylic acids is 3. The van der Waals surface area contributed by atoms with E-state index in [0.29, 0.717) is 48.2 Å². The van der Waals surface area contributed by atoms with Crippen LogP contribution in [0.5, 0.6) is 0 Å². The van der Waals surface area contributed by atoms with Crippen LogP contribution in [0.25, 0.3) is 0 Å². The maximum absolute atomic E-state index is 13.3. The van der Waals surface area contributed by atoms with Gasteiger partial charge in [0.1, 0.15) is 5.69 Å². The summed E-state index contributed by atoms with van der Waals surface area (Å²) in [5.41, 5.74) is 2.05. The lowest BCUT2D eigenvalue weighted by Gasteiger charge is -2.34. The van der Waals surface area contributed by atoms with Gasteiger partial charge in [-0.1, -0.05) is 6.42 Å². The molecule has 1 aromatic heterocycles. The minimum Gasteiger partial charge on any atom is -0.459 e. The van der Waals surface area contributed by atoms with Gasteiger partial charge in [-0.2, -0.15) is 0 Å². The molecule has 184 valence electrons. The van der Waals surface area contributed by atoms with Gasteiger partial charge in [0.2, 0.25) is 5.91 Å². The van der Waals surface area contributed by atoms with Gasteiger partial charge >= 0.3 is 5.97 Å². The van der Waals surface area contributed by atoms with Crippen molar-refractivity contribution in [2.75, 3.05) is 32.7 Å². The third kappa shape index (κ3) is 6.16. The van der Waals surface area contributed by atoms with Crippen molar-refractivity contribution < 1.29 is 19.1 Å². The topological polar surface area (TPSA) is 94.7 Å². The number of aromatic amines is 1. The average Bonchev–Trinajstić information content (AvgIpc) is 3.08. The number of nitrogens with one attached hydrogen (secondary N) is 2. The third-order valence-corrected chi connectivity index (χ3v) is 6.92. The third-order valence-electron chi connectivity index (χ3n) is 6.92. The Kier molecular flexibility index (Phi) is 8.57. The molecular formula is C25H40N4O4. The number of esters is 1. The molecule has 2 fully saturated rings. The molecule has 0 bridgehead atoms. The summed E-state index contributed by atoms with van der Waals surface area (Å²) in [5.74, 6) is -0.769. The smallest absolute Gasteiger partial charge is 0.340 e. The van der Waals surface area contributed by atoms with E-state index in [2.05, 4.69) is 22.1 Å². The summed E-state index contributed by atoms with van der Waals surface area (Å²) >= 11 is 0. The van der Waals surface area contributed by atoms with Gasteiger partial charge < -0.3 is 19.9 Å². The number of aryl methyl sites for hydroxylation is 1. The number of amides is 2. The van der Waals surface area contributed by atoms with Crippen LogP contribution >= 0.6 is 0 Å². The molecule has 0 aliphatic carbocycles. The molecule has 1 aromatic rings. The zero-order valence-corrected chi connectivity index (χ0v) is 20.8. The Bertz CT molecular complexity index is 863. The van der Waals surface area contributed by atoms with Crippen LogP contribution in [0.1, 0.15) is 85.0 Å². The molecule has 2 aliphatic rings. The quantitative estimate of drug-likeness (QED) is 0.610. The second-order valence-corrected chi connectivity index (χ2v) is 9.84. The molecule has 2 atom stereocenters. The van der Waals surface area contributed by atoms with E-state index < -0.39 is 5.97 Å². The molecule has 0 unspecified atom stereocenters. The van der Waals surface area contributed by atoms with E-state index >= 15 is 0 Å². The maximum Gasteiger partial charge on any atom is 0.340 e. The second-order valence-electron chi connectivity index (χ2n) is 9.84. The minimum atomic E-state index is -0.422. The highest BCUT2D eigenvalue weighted by Crippen LogP contribution is 2.24. The Hall–Kier alpha value is -2.35. The van der Waals surface area contributed by atoms with Crippen LogP contribution in [0.2, 0.25) is 0 Å². The zero-order chi connectivity index (χ0) is 24.1. The standard InChI is InChI=1S/C25H40N4O4/c1-16(2)33-25(32)21-18(4)22(27-19(21)5)24(31)29-13-8-10-20(15-29)23(30)26-11-14-28-12-7-6-9-17(28)3/h16-17,20,27H,6-15H2,1-5H3,(H,26,30)/t17-,20+/m1/s1. The summed E-state index contributed by atoms with van der Waals surface area (Å²) in [5, 5.41) is 3.09. The van der Waals surface area contributed by atoms with E-state index in [-0.39, 0.29) is 23.8 Å². The summed E-state index contributed by atoms with van der Waals surface area (Å²) in [4.78, 5) is 45.8. The predicted molar refractivity (Wildman–Crippen MR) is 127 cm³/mol. The summed E-state index contributed by atoms with van der Waals surface area (Å²) in [6.07, 6.45) is 5.08. The first-order chi connectivity index (χ1) is 15.7. The summed E-state index contributed by atoms with van der Waals surface area (Å²) < 4.78 is 5.33. The van der Waals surface area contributed by atoms with Crippen LogP contribution in [0.15, 0.2) is 0 Å². The second kappa shape index (κ2) is 11.2. The summed E-state index contributed by atoms with van der Waals surface area (Å²) in [7, 11) is 0. The van der Waals surface area contributed by atoms with Crippen LogP contribution in [0.3, 0.4) is 0 Å². The van der Waals surface area contributed by atoms with Crippen LogP contribution in [-0.2, 0) is 9.53 Å². The van der Waals surface area contributed by atoms with Crippen LogP contribution in [0, 0.1) is 19.8 Å². The number of carbonyl (C=O) groups is 3. The van der Waals surface area contributed by atoms with E-state index in [1.54, 1.807) is 32.6 Å². The van der Waals surface area contributed by atoms with E-state index in [0.717, 1.165) is 25.9 Å². The Morgan fingerprint density at radius 1 is 1.12 bits per heavy atom. The van der Waals surface area contributed by atoms with Gasteiger partial charge in [0, 0.05) is 37.9 Å². The molecule has 8 nitrogen and oxygen atoms in total. The van der Waals surface area contributed by atoms with Crippen molar-refractivity contribution in [3.63, 3.8) is 0 Å². The van der Waals surface area contributed by atoms with Gasteiger partial charge in [-0.25, -0.2) is 4.79 Å². The number of H-pyrrole nitrogens is 1. The van der Waals surface area contributed by atoms with Crippen molar-refractivity contribution in [2.45, 2.75) is 78.9 Å². The number of aromatic nitrogens is 1. The Labute approximate surface area is 197 Å². The van der Waals surface area contributed by atoms with Crippen molar-refractivity contribution >= 4 is 17.8 Å². The van der Waals surface area contributed by atoms with Gasteiger partial charge in [-0.15, -0.1) is 0 Å². The molecule has 2 saturated heterocycles. The number of piperidine rings is 2. The monoisotopic (exact) mass is 460 g/mol. The van der Waals surface area contributed by atoms with E-state index in [4.69, 9.17) is 4.74 Å². The zero-order valence-electron chi connectivity index (χ0n) is 20.8. The normalized spacial score (nSPS) is 21.8. The van der Waals surface area contributed by atoms with E-state index in [1.165, 1.54) is 19.3 Å². The van der Waals surface area contributed by atoms with Gasteiger partial charge in [-0.3, -0.25) is 14.5 Å². The van der Waals surface area contributed by atoms with Gasteiger partial charge in [0.05, 0.1) is 17.6 Å². The molecule has 3 heterocycles. The fourth-order valence-corrected chi connectivity index (χ4v) is 5.03. The van der Waals surface area contributed by atoms with Crippen molar-refractivity contribution in [3.05, 3.63) is 22.5 Å². The first-order valence-corrected chi connectivity index (χ1v) is 12.4. The highest BCUT2D eigenvalue weighted by molar-refractivity contribution is 6.00. The highest BCUT2D eigenvalue weighted by Gasteiger charge is 2.32. The van der Waals surface area contributed by atoms with Gasteiger partial charge in [-0.05, 0) is 72.4 Å². The molecule has 2 aliphatic heterocycles. The highest BCUT2D eigenvalue weighted by atomic mass is 16.5. The first kappa shape index (κ1) is 25.3. The Morgan fingerprint density at radius 2 is 1.88 bits per heavy atom. The molecule has 2 N–H and O–H groups in total. The van der Waals surface area contributed by atoms with E-state index in [9.17, 15) is 14.4 Å². The molecule has 2 amide bonds. The van der Waals surface area contributed by atoms with E-state index in [1.807, 2.05) is 0 Å². The van der Waals surface area contributed by atoms with Crippen molar-refractivity contribution in [3.8, 4) is 0 Å². The number of ether oxygens (including phenoxy) is 1. The Morgan fingerprint density at radius 3 is 2.58 bits per heavy atom. The fourth-order valence-electron chi connectivity index (χ4n) is 5.03. The number of hydrogen-bond acceptors (Lipinski definition) is 5. The van der Waals surface area contributed by atoms with Crippen LogP contribution in [0.4, 0.5) is 0 Å². The van der Waals surface area contributed by atoms with Gasteiger partial charge in [0.15, 0.2) is 0 Å². The molecule has 3 rings (SSSR count). The molecule has 0 spiro atoms. The Balaban J connectivity index is 1.58. The summed E-state index contributed by atoms with van der Waals surface area (Å²) in [6, 6.07) is 0.577. The largest absolute Gasteiger partial charge is 0.459 e. The average molecular weight is 461 g/mol. The fraction of sp³-hybridized carbons (Fsp3) is 0.720. The van der Waals surface area contributed by atoms with Crippen LogP contribution < -0.4 is 5.32 Å². The van der Waals surface area contributed by atoms with Crippen LogP contribution in [-0.4, -0.2) is 77.4 Å². The van der Waals surface area contributed by atoms with Crippen molar-refractivity contribution in [1.29, 1.82) is 0 Å². The molecule has 0 aromatic carbocycles. The lowest BCUT2D eigenvalue weighted by molar-refractivity contribution is -0.126. The number of likely N-dealkylation sites (tertiary alicyclic amines) is 2. The first-order valence-electron chi connectivity index (χ1n) is 12.4. The number of rotatable bonds is 7. The number of nitrogens with zero attached hydrogens (tertiary/aromatic N) is 2. The molecule has 0 saturated carbocycles. The molecule has 8 heteroatoms. The predicted octanol–water partition coefficient (Wildman–Crippen LogP) is 3.04. The van der Waals surface area contributed by atoms with Crippen molar-refractivity contribution in [1.82, 2.24) is 20.1 Å². The van der Waals surface area contributed by atoms with Crippen molar-refractivity contribution in [2.24, 2.45) is 5.92 Å². The lowest BCUT2D eigenvalue weighted by Crippen LogP contribution is -2.47. The minimum absolute atomic E-state index is 0.0257. The summed E-state index contributed by atoms with van der Waals surface area (Å²) in [6.45, 7) is 13.0. The SMILES string of the molecule is Cc1[nH]c(C(=O)N2CCC[C@H](C(=O)NCCN3CCCC[C@H]3C)C2)c(C)c1C(=O)OC(C)C. The maximum atomic E-state index is 13.3.